The first kappa shape index (κ1) is 7.64. The highest BCUT2D eigenvalue weighted by Gasteiger charge is 2.51. The van der Waals surface area contributed by atoms with Gasteiger partial charge in [-0.1, -0.05) is 13.8 Å². The fraction of sp³-hybridized carbons (Fsp3) is 1.00. The van der Waals surface area contributed by atoms with Gasteiger partial charge in [0.2, 0.25) is 0 Å². The summed E-state index contributed by atoms with van der Waals surface area (Å²) in [6.45, 7) is 4.81. The molecule has 11 heavy (non-hydrogen) atoms. The van der Waals surface area contributed by atoms with Crippen LogP contribution in [0.2, 0.25) is 0 Å². The van der Waals surface area contributed by atoms with E-state index >= 15 is 0 Å². The molecule has 0 N–H and O–H groups in total. The molecule has 0 atom stereocenters. The number of hydrogen-bond acceptors (Lipinski definition) is 0. The molecule has 2 aliphatic rings. The van der Waals surface area contributed by atoms with Crippen molar-refractivity contribution in [1.82, 2.24) is 0 Å². The Morgan fingerprint density at radius 1 is 0.909 bits per heavy atom. The van der Waals surface area contributed by atoms with Gasteiger partial charge >= 0.3 is 0 Å². The van der Waals surface area contributed by atoms with Gasteiger partial charge in [0, 0.05) is 0 Å². The van der Waals surface area contributed by atoms with Crippen molar-refractivity contribution in [2.75, 3.05) is 0 Å². The summed E-state index contributed by atoms with van der Waals surface area (Å²) in [5.41, 5.74) is 0.806. The molecule has 0 heteroatoms. The van der Waals surface area contributed by atoms with E-state index < -0.39 is 0 Å². The van der Waals surface area contributed by atoms with Gasteiger partial charge in [0.15, 0.2) is 0 Å². The molecule has 0 radical (unpaired) electrons. The summed E-state index contributed by atoms with van der Waals surface area (Å²) < 4.78 is 0. The molecule has 0 amide bonds. The molecule has 0 spiro atoms. The monoisotopic (exact) mass is 152 g/mol. The van der Waals surface area contributed by atoms with Crippen molar-refractivity contribution in [1.29, 1.82) is 0 Å². The molecule has 0 nitrogen and oxygen atoms in total. The molecule has 0 aromatic carbocycles. The molecule has 2 saturated carbocycles. The molecule has 0 aromatic rings. The highest BCUT2D eigenvalue weighted by atomic mass is 14.6. The Hall–Kier alpha value is 0. The van der Waals surface area contributed by atoms with E-state index in [4.69, 9.17) is 0 Å². The minimum atomic E-state index is 0.806. The molecule has 0 unspecified atom stereocenters. The molecule has 0 heterocycles. The summed E-state index contributed by atoms with van der Waals surface area (Å²) in [5.74, 6) is 2.23. The number of rotatable bonds is 2. The van der Waals surface area contributed by atoms with Crippen LogP contribution in [0.25, 0.3) is 0 Å². The molecule has 2 bridgehead atoms. The van der Waals surface area contributed by atoms with E-state index in [1.807, 2.05) is 0 Å². The minimum absolute atomic E-state index is 0.806. The largest absolute Gasteiger partial charge is 0.0648 e. The van der Waals surface area contributed by atoms with Crippen molar-refractivity contribution in [2.45, 2.75) is 52.4 Å². The smallest absolute Gasteiger partial charge is 0.0246 e. The van der Waals surface area contributed by atoms with E-state index in [9.17, 15) is 0 Å². The molecular formula is C11H20. The van der Waals surface area contributed by atoms with Crippen LogP contribution in [0, 0.1) is 17.3 Å². The van der Waals surface area contributed by atoms with Crippen LogP contribution < -0.4 is 0 Å². The number of hydrogen-bond donors (Lipinski definition) is 0. The first-order chi connectivity index (χ1) is 5.33. The summed E-state index contributed by atoms with van der Waals surface area (Å²) in [6, 6.07) is 0. The van der Waals surface area contributed by atoms with Crippen LogP contribution in [-0.4, -0.2) is 0 Å². The Bertz CT molecular complexity index is 122. The van der Waals surface area contributed by atoms with E-state index in [0.717, 1.165) is 17.3 Å². The van der Waals surface area contributed by atoms with Crippen LogP contribution in [-0.2, 0) is 0 Å². The van der Waals surface area contributed by atoms with Crippen LogP contribution in [0.5, 0.6) is 0 Å². The quantitative estimate of drug-likeness (QED) is 0.567. The van der Waals surface area contributed by atoms with Crippen molar-refractivity contribution in [3.63, 3.8) is 0 Å². The summed E-state index contributed by atoms with van der Waals surface area (Å²) in [4.78, 5) is 0. The second-order valence-electron chi connectivity index (χ2n) is 4.49. The summed E-state index contributed by atoms with van der Waals surface area (Å²) in [6.07, 6.45) is 9.08. The average molecular weight is 152 g/mol. The predicted octanol–water partition coefficient (Wildman–Crippen LogP) is 3.61. The van der Waals surface area contributed by atoms with Crippen molar-refractivity contribution in [2.24, 2.45) is 17.3 Å². The van der Waals surface area contributed by atoms with E-state index in [-0.39, 0.29) is 0 Å². The van der Waals surface area contributed by atoms with Crippen LogP contribution in [0.1, 0.15) is 52.4 Å². The molecular weight excluding hydrogens is 132 g/mol. The van der Waals surface area contributed by atoms with Gasteiger partial charge in [-0.25, -0.2) is 0 Å². The zero-order valence-corrected chi connectivity index (χ0v) is 7.90. The van der Waals surface area contributed by atoms with Crippen LogP contribution >= 0.6 is 0 Å². The third-order valence-electron chi connectivity index (χ3n) is 4.67. The average Bonchev–Trinajstić information content (AvgIpc) is 2.59. The highest BCUT2D eigenvalue weighted by molar-refractivity contribution is 5.01. The zero-order valence-electron chi connectivity index (χ0n) is 7.90. The summed E-state index contributed by atoms with van der Waals surface area (Å²) in [7, 11) is 0. The van der Waals surface area contributed by atoms with Crippen molar-refractivity contribution in [3.8, 4) is 0 Å². The highest BCUT2D eigenvalue weighted by Crippen LogP contribution is 2.61. The molecule has 2 fully saturated rings. The van der Waals surface area contributed by atoms with Gasteiger partial charge in [-0.2, -0.15) is 0 Å². The lowest BCUT2D eigenvalue weighted by molar-refractivity contribution is 0.175. The van der Waals surface area contributed by atoms with Crippen LogP contribution in [0.3, 0.4) is 0 Å². The Kier molecular flexibility index (Phi) is 1.74. The van der Waals surface area contributed by atoms with E-state index in [1.54, 1.807) is 25.7 Å². The molecule has 2 rings (SSSR count). The fourth-order valence-corrected chi connectivity index (χ4v) is 3.98. The topological polar surface area (TPSA) is 0 Å². The first-order valence-electron chi connectivity index (χ1n) is 5.33. The second-order valence-corrected chi connectivity index (χ2v) is 4.49. The Labute approximate surface area is 70.4 Å². The molecule has 64 valence electrons. The van der Waals surface area contributed by atoms with Gasteiger partial charge in [0.25, 0.3) is 0 Å². The molecule has 2 aliphatic carbocycles. The fourth-order valence-electron chi connectivity index (χ4n) is 3.98. The standard InChI is InChI=1S/C11H20/c1-3-11(4-2)9-5-6-10(11)8-7-9/h9-10H,3-8H2,1-2H3. The van der Waals surface area contributed by atoms with Crippen LogP contribution in [0.4, 0.5) is 0 Å². The molecule has 0 aliphatic heterocycles. The van der Waals surface area contributed by atoms with Gasteiger partial charge in [0.05, 0.1) is 0 Å². The van der Waals surface area contributed by atoms with Gasteiger partial charge in [0.1, 0.15) is 0 Å². The van der Waals surface area contributed by atoms with Crippen LogP contribution in [0.15, 0.2) is 0 Å². The van der Waals surface area contributed by atoms with Gasteiger partial charge in [-0.15, -0.1) is 0 Å². The summed E-state index contributed by atoms with van der Waals surface area (Å²) >= 11 is 0. The third kappa shape index (κ3) is 0.816. The molecule has 0 aromatic heterocycles. The van der Waals surface area contributed by atoms with E-state index in [0.29, 0.717) is 0 Å². The minimum Gasteiger partial charge on any atom is -0.0648 e. The number of fused-ring (bicyclic) bond motifs is 2. The van der Waals surface area contributed by atoms with Gasteiger partial charge < -0.3 is 0 Å². The Balaban J connectivity index is 2.22. The maximum absolute atomic E-state index is 2.40. The normalized spacial score (nSPS) is 39.8. The van der Waals surface area contributed by atoms with Gasteiger partial charge in [-0.3, -0.25) is 0 Å². The summed E-state index contributed by atoms with van der Waals surface area (Å²) in [5, 5.41) is 0. The van der Waals surface area contributed by atoms with Crippen molar-refractivity contribution < 1.29 is 0 Å². The Morgan fingerprint density at radius 3 is 1.45 bits per heavy atom. The first-order valence-corrected chi connectivity index (χ1v) is 5.33. The lowest BCUT2D eigenvalue weighted by Gasteiger charge is -2.32. The maximum Gasteiger partial charge on any atom is -0.0246 e. The van der Waals surface area contributed by atoms with E-state index in [1.165, 1.54) is 12.8 Å². The predicted molar refractivity (Wildman–Crippen MR) is 48.5 cm³/mol. The van der Waals surface area contributed by atoms with Crippen molar-refractivity contribution in [3.05, 3.63) is 0 Å². The maximum atomic E-state index is 2.40. The van der Waals surface area contributed by atoms with Gasteiger partial charge in [-0.05, 0) is 55.8 Å². The SMILES string of the molecule is CCC1(CC)C2CCC1CC2. The zero-order chi connectivity index (χ0) is 7.90. The van der Waals surface area contributed by atoms with E-state index in [2.05, 4.69) is 13.8 Å². The molecule has 0 saturated heterocycles. The lowest BCUT2D eigenvalue weighted by Crippen LogP contribution is -2.24. The lowest BCUT2D eigenvalue weighted by atomic mass is 9.73. The van der Waals surface area contributed by atoms with Crippen molar-refractivity contribution >= 4 is 0 Å². The third-order valence-corrected chi connectivity index (χ3v) is 4.67. The Morgan fingerprint density at radius 2 is 1.27 bits per heavy atom. The second kappa shape index (κ2) is 2.50.